The monoisotopic (exact) mass is 348 g/mol. The smallest absolute Gasteiger partial charge is 0.126 e. The highest BCUT2D eigenvalue weighted by Gasteiger charge is 2.29. The van der Waals surface area contributed by atoms with Crippen molar-refractivity contribution >= 4 is 78.5 Å². The van der Waals surface area contributed by atoms with E-state index in [1.54, 1.807) is 0 Å². The van der Waals surface area contributed by atoms with Crippen molar-refractivity contribution < 1.29 is 0 Å². The molecule has 0 aliphatic heterocycles. The van der Waals surface area contributed by atoms with Crippen molar-refractivity contribution in [3.8, 4) is 0 Å². The van der Waals surface area contributed by atoms with E-state index in [1.807, 2.05) is 0 Å². The Morgan fingerprint density at radius 3 is 1.79 bits per heavy atom. The van der Waals surface area contributed by atoms with Gasteiger partial charge in [-0.05, 0) is 24.1 Å². The molecule has 0 saturated heterocycles. The van der Waals surface area contributed by atoms with Crippen LogP contribution in [0, 0.1) is 0 Å². The van der Waals surface area contributed by atoms with Crippen LogP contribution in [0.3, 0.4) is 0 Å². The first-order valence-electron chi connectivity index (χ1n) is 3.94. The second kappa shape index (κ2) is 6.60. The molecular formula is C6H10Cl6Si2. The van der Waals surface area contributed by atoms with Gasteiger partial charge in [0.2, 0.25) is 0 Å². The second-order valence-electron chi connectivity index (χ2n) is 2.92. The van der Waals surface area contributed by atoms with E-state index in [9.17, 15) is 0 Å². The number of halogens is 6. The topological polar surface area (TPSA) is 0 Å². The second-order valence-corrected chi connectivity index (χ2v) is 20.7. The van der Waals surface area contributed by atoms with Crippen molar-refractivity contribution in [2.75, 3.05) is 0 Å². The molecule has 8 heteroatoms. The third-order valence-corrected chi connectivity index (χ3v) is 7.67. The van der Waals surface area contributed by atoms with Gasteiger partial charge < -0.3 is 0 Å². The Bertz CT molecular complexity index is 193. The molecule has 0 rings (SSSR count). The Balaban J connectivity index is 3.62. The van der Waals surface area contributed by atoms with Crippen LogP contribution in [-0.2, 0) is 0 Å². The summed E-state index contributed by atoms with van der Waals surface area (Å²) in [4.78, 5) is 0. The van der Waals surface area contributed by atoms with Gasteiger partial charge in [0.1, 0.15) is 0 Å². The molecule has 0 aromatic carbocycles. The average molecular weight is 351 g/mol. The van der Waals surface area contributed by atoms with Crippen LogP contribution in [0.4, 0.5) is 0 Å². The Morgan fingerprint density at radius 2 is 1.43 bits per heavy atom. The standard InChI is InChI=1S/C6H10Cl6Si2/c1-6(14(10,11)12)4-2-3-5-13(7,8)9/h1-5H2. The zero-order valence-electron chi connectivity index (χ0n) is 7.30. The number of unbranched alkanes of at least 4 members (excludes halogenated alkanes) is 1. The molecule has 0 aromatic rings. The molecule has 0 amide bonds. The Morgan fingerprint density at radius 1 is 0.929 bits per heavy atom. The summed E-state index contributed by atoms with van der Waals surface area (Å²) < 4.78 is 0. The van der Waals surface area contributed by atoms with Gasteiger partial charge in [-0.2, -0.15) is 0 Å². The minimum atomic E-state index is -2.72. The third kappa shape index (κ3) is 9.16. The lowest BCUT2D eigenvalue weighted by Crippen LogP contribution is -2.13. The molecule has 14 heavy (non-hydrogen) atoms. The van der Waals surface area contributed by atoms with Crippen LogP contribution in [0.25, 0.3) is 0 Å². The molecule has 0 aromatic heterocycles. The molecule has 0 fully saturated rings. The average Bonchev–Trinajstić information content (AvgIpc) is 1.93. The van der Waals surface area contributed by atoms with Crippen LogP contribution in [-0.4, -0.2) is 12.0 Å². The predicted octanol–water partition coefficient (Wildman–Crippen LogP) is 5.56. The number of rotatable bonds is 6. The molecule has 0 unspecified atom stereocenters. The lowest BCUT2D eigenvalue weighted by atomic mass is 10.2. The highest BCUT2D eigenvalue weighted by atomic mass is 35.8. The van der Waals surface area contributed by atoms with E-state index in [0.29, 0.717) is 17.7 Å². The maximum atomic E-state index is 5.75. The molecule has 84 valence electrons. The maximum absolute atomic E-state index is 5.75. The zero-order chi connectivity index (χ0) is 11.4. The molecule has 0 aliphatic carbocycles. The molecular weight excluding hydrogens is 341 g/mol. The quantitative estimate of drug-likeness (QED) is 0.334. The fourth-order valence-corrected chi connectivity index (χ4v) is 3.97. The number of allylic oxidation sites excluding steroid dienone is 1. The number of hydrogen-bond donors (Lipinski definition) is 0. The fraction of sp³-hybridized carbons (Fsp3) is 0.667. The first kappa shape index (κ1) is 15.9. The van der Waals surface area contributed by atoms with Crippen LogP contribution in [0.5, 0.6) is 0 Å². The molecule has 0 nitrogen and oxygen atoms in total. The molecule has 0 radical (unpaired) electrons. The summed E-state index contributed by atoms with van der Waals surface area (Å²) >= 11 is 34.4. The van der Waals surface area contributed by atoms with Gasteiger partial charge in [0.15, 0.2) is 0 Å². The summed E-state index contributed by atoms with van der Waals surface area (Å²) in [6, 6.07) is -4.55. The van der Waals surface area contributed by atoms with Crippen molar-refractivity contribution in [1.29, 1.82) is 0 Å². The normalized spacial score (nSPS) is 13.0. The lowest BCUT2D eigenvalue weighted by Gasteiger charge is -2.12. The van der Waals surface area contributed by atoms with Gasteiger partial charge >= 0.3 is 12.0 Å². The fourth-order valence-electron chi connectivity index (χ4n) is 0.806. The largest absolute Gasteiger partial charge is 0.368 e. The predicted molar refractivity (Wildman–Crippen MR) is 74.4 cm³/mol. The molecule has 0 spiro atoms. The summed E-state index contributed by atoms with van der Waals surface area (Å²) in [5.41, 5.74) is 0. The first-order valence-corrected chi connectivity index (χ1v) is 14.2. The minimum absolute atomic E-state index is 0.645. The van der Waals surface area contributed by atoms with Crippen LogP contribution in [0.15, 0.2) is 11.8 Å². The molecule has 0 aliphatic rings. The first-order chi connectivity index (χ1) is 6.13. The molecule has 0 bridgehead atoms. The lowest BCUT2D eigenvalue weighted by molar-refractivity contribution is 0.803. The van der Waals surface area contributed by atoms with Gasteiger partial charge in [-0.15, -0.1) is 73.1 Å². The van der Waals surface area contributed by atoms with E-state index in [4.69, 9.17) is 66.5 Å². The van der Waals surface area contributed by atoms with Crippen molar-refractivity contribution in [3.63, 3.8) is 0 Å². The van der Waals surface area contributed by atoms with Gasteiger partial charge in [-0.25, -0.2) is 0 Å². The van der Waals surface area contributed by atoms with Gasteiger partial charge in [0, 0.05) is 0 Å². The minimum Gasteiger partial charge on any atom is -0.126 e. The highest BCUT2D eigenvalue weighted by Crippen LogP contribution is 2.32. The van der Waals surface area contributed by atoms with Gasteiger partial charge in [0.05, 0.1) is 0 Å². The van der Waals surface area contributed by atoms with E-state index in [0.717, 1.165) is 12.8 Å². The van der Waals surface area contributed by atoms with Crippen molar-refractivity contribution in [2.24, 2.45) is 0 Å². The Hall–Kier alpha value is 1.91. The highest BCUT2D eigenvalue weighted by molar-refractivity contribution is 7.67. The summed E-state index contributed by atoms with van der Waals surface area (Å²) in [6.45, 7) is 3.74. The summed E-state index contributed by atoms with van der Waals surface area (Å²) in [5, 5.41) is 0.716. The van der Waals surface area contributed by atoms with Gasteiger partial charge in [0.25, 0.3) is 0 Å². The molecule has 0 heterocycles. The van der Waals surface area contributed by atoms with Crippen LogP contribution < -0.4 is 0 Å². The van der Waals surface area contributed by atoms with Crippen LogP contribution in [0.2, 0.25) is 6.04 Å². The number of hydrogen-bond acceptors (Lipinski definition) is 0. The zero-order valence-corrected chi connectivity index (χ0v) is 13.8. The maximum Gasteiger partial charge on any atom is 0.368 e. The SMILES string of the molecule is C=C(CCCC[Si](Cl)(Cl)Cl)[Si](Cl)(Cl)Cl. The van der Waals surface area contributed by atoms with E-state index < -0.39 is 12.0 Å². The summed E-state index contributed by atoms with van der Waals surface area (Å²) in [6.07, 6.45) is 2.41. The molecule has 0 atom stereocenters. The Kier molecular flexibility index (Phi) is 7.50. The van der Waals surface area contributed by atoms with E-state index in [1.165, 1.54) is 0 Å². The van der Waals surface area contributed by atoms with Crippen LogP contribution in [0.1, 0.15) is 19.3 Å². The van der Waals surface area contributed by atoms with E-state index >= 15 is 0 Å². The summed E-state index contributed by atoms with van der Waals surface area (Å²) in [7, 11) is 0. The van der Waals surface area contributed by atoms with Crippen molar-refractivity contribution in [1.82, 2.24) is 0 Å². The van der Waals surface area contributed by atoms with E-state index in [2.05, 4.69) is 6.58 Å². The van der Waals surface area contributed by atoms with Crippen molar-refractivity contribution in [3.05, 3.63) is 11.8 Å². The molecule has 0 N–H and O–H groups in total. The summed E-state index contributed by atoms with van der Waals surface area (Å²) in [5.74, 6) is 0. The van der Waals surface area contributed by atoms with E-state index in [-0.39, 0.29) is 0 Å². The third-order valence-electron chi connectivity index (χ3n) is 1.59. The molecule has 0 saturated carbocycles. The van der Waals surface area contributed by atoms with Crippen molar-refractivity contribution in [2.45, 2.75) is 25.3 Å². The Labute approximate surface area is 115 Å². The van der Waals surface area contributed by atoms with Gasteiger partial charge in [-0.3, -0.25) is 0 Å². The van der Waals surface area contributed by atoms with Gasteiger partial charge in [-0.1, -0.05) is 6.42 Å². The van der Waals surface area contributed by atoms with Crippen LogP contribution >= 0.6 is 66.5 Å².